The summed E-state index contributed by atoms with van der Waals surface area (Å²) in [6, 6.07) is 9.00. The molecule has 1 aromatic heterocycles. The third-order valence-corrected chi connectivity index (χ3v) is 8.77. The van der Waals surface area contributed by atoms with Crippen molar-refractivity contribution in [3.8, 4) is 0 Å². The quantitative estimate of drug-likeness (QED) is 0.369. The standard InChI is InChI=1S/C31H31F3N4O5S/c1-18(24-10-9-23(44(2,42)43)14-20(24)6-5-19-3-4-19)36-30(41)27-15-31(33,34)17-38(27)28(39)16-35-29(40)26-11-7-21-13-22(32)8-12-25(21)37-26/h5-14,18-19,27H,3-4,15-17H2,1-2H3,(H,35,40)(H,36,41)/b6-5+/t18-,27-/m0/s1. The van der Waals surface area contributed by atoms with Gasteiger partial charge in [0.2, 0.25) is 11.8 Å². The number of fused-ring (bicyclic) bond motifs is 1. The molecule has 2 N–H and O–H groups in total. The van der Waals surface area contributed by atoms with Gasteiger partial charge in [-0.25, -0.2) is 26.6 Å². The van der Waals surface area contributed by atoms with Gasteiger partial charge in [-0.15, -0.1) is 0 Å². The average Bonchev–Trinajstić information content (AvgIpc) is 3.74. The lowest BCUT2D eigenvalue weighted by molar-refractivity contribution is -0.138. The molecule has 0 spiro atoms. The molecular formula is C31H31F3N4O5S. The minimum Gasteiger partial charge on any atom is -0.348 e. The Bertz CT molecular complexity index is 1780. The molecule has 2 aromatic carbocycles. The Kier molecular flexibility index (Phi) is 8.52. The van der Waals surface area contributed by atoms with E-state index in [1.165, 1.54) is 42.5 Å². The highest BCUT2D eigenvalue weighted by molar-refractivity contribution is 7.90. The molecule has 1 aliphatic carbocycles. The lowest BCUT2D eigenvalue weighted by Crippen LogP contribution is -2.49. The average molecular weight is 629 g/mol. The first-order valence-corrected chi connectivity index (χ1v) is 15.9. The molecule has 232 valence electrons. The molecule has 0 unspecified atom stereocenters. The van der Waals surface area contributed by atoms with Gasteiger partial charge in [0.15, 0.2) is 9.84 Å². The molecule has 0 radical (unpaired) electrons. The number of aromatic nitrogens is 1. The summed E-state index contributed by atoms with van der Waals surface area (Å²) in [5, 5.41) is 5.53. The van der Waals surface area contributed by atoms with Crippen molar-refractivity contribution in [1.29, 1.82) is 0 Å². The van der Waals surface area contributed by atoms with Crippen LogP contribution in [0.4, 0.5) is 13.2 Å². The van der Waals surface area contributed by atoms with Gasteiger partial charge in [0.05, 0.1) is 29.5 Å². The van der Waals surface area contributed by atoms with Gasteiger partial charge in [-0.05, 0) is 73.2 Å². The van der Waals surface area contributed by atoms with E-state index in [0.29, 0.717) is 27.9 Å². The fourth-order valence-electron chi connectivity index (χ4n) is 5.12. The van der Waals surface area contributed by atoms with Crippen molar-refractivity contribution in [1.82, 2.24) is 20.5 Å². The molecule has 3 amide bonds. The highest BCUT2D eigenvalue weighted by Gasteiger charge is 2.50. The van der Waals surface area contributed by atoms with E-state index in [-0.39, 0.29) is 10.6 Å². The first-order chi connectivity index (χ1) is 20.7. The zero-order valence-corrected chi connectivity index (χ0v) is 24.8. The number of likely N-dealkylation sites (tertiary alicyclic amines) is 1. The van der Waals surface area contributed by atoms with Crippen LogP contribution in [0.1, 0.15) is 53.8 Å². The van der Waals surface area contributed by atoms with E-state index in [1.807, 2.05) is 6.08 Å². The number of allylic oxidation sites excluding steroid dienone is 1. The van der Waals surface area contributed by atoms with E-state index in [1.54, 1.807) is 19.1 Å². The molecule has 9 nitrogen and oxygen atoms in total. The van der Waals surface area contributed by atoms with Crippen LogP contribution < -0.4 is 10.6 Å². The molecule has 0 bridgehead atoms. The van der Waals surface area contributed by atoms with Crippen LogP contribution in [0.25, 0.3) is 17.0 Å². The maximum atomic E-state index is 14.5. The zero-order chi connectivity index (χ0) is 31.8. The Balaban J connectivity index is 1.27. The summed E-state index contributed by atoms with van der Waals surface area (Å²) in [5.74, 6) is -5.81. The number of nitrogens with one attached hydrogen (secondary N) is 2. The highest BCUT2D eigenvalue weighted by Crippen LogP contribution is 2.34. The number of amides is 3. The van der Waals surface area contributed by atoms with Crippen molar-refractivity contribution in [2.24, 2.45) is 5.92 Å². The van der Waals surface area contributed by atoms with Gasteiger partial charge in [0, 0.05) is 18.1 Å². The lowest BCUT2D eigenvalue weighted by atomic mass is 10.00. The zero-order valence-electron chi connectivity index (χ0n) is 24.0. The summed E-state index contributed by atoms with van der Waals surface area (Å²) in [6.07, 6.45) is 6.04. The Hall–Kier alpha value is -4.26. The largest absolute Gasteiger partial charge is 0.348 e. The van der Waals surface area contributed by atoms with E-state index in [0.717, 1.165) is 24.0 Å². The Morgan fingerprint density at radius 3 is 2.57 bits per heavy atom. The summed E-state index contributed by atoms with van der Waals surface area (Å²) in [4.78, 5) is 43.9. The van der Waals surface area contributed by atoms with Crippen LogP contribution in [0.2, 0.25) is 0 Å². The maximum Gasteiger partial charge on any atom is 0.270 e. The summed E-state index contributed by atoms with van der Waals surface area (Å²) < 4.78 is 66.7. The maximum absolute atomic E-state index is 14.5. The molecule has 1 aliphatic heterocycles. The minimum atomic E-state index is -3.49. The Morgan fingerprint density at radius 1 is 1.11 bits per heavy atom. The Labute approximate surface area is 252 Å². The molecular weight excluding hydrogens is 597 g/mol. The summed E-state index contributed by atoms with van der Waals surface area (Å²) in [5.41, 5.74) is 1.46. The van der Waals surface area contributed by atoms with Crippen molar-refractivity contribution in [3.63, 3.8) is 0 Å². The topological polar surface area (TPSA) is 126 Å². The molecule has 2 heterocycles. The third kappa shape index (κ3) is 7.26. The second-order valence-electron chi connectivity index (χ2n) is 11.3. The molecule has 2 atom stereocenters. The van der Waals surface area contributed by atoms with Crippen molar-refractivity contribution in [3.05, 3.63) is 77.2 Å². The number of sulfone groups is 1. The number of hydrogen-bond acceptors (Lipinski definition) is 6. The van der Waals surface area contributed by atoms with E-state index < -0.39 is 70.9 Å². The van der Waals surface area contributed by atoms with Gasteiger partial charge in [-0.2, -0.15) is 0 Å². The number of hydrogen-bond donors (Lipinski definition) is 2. The number of halogens is 3. The number of pyridine rings is 1. The SMILES string of the molecule is C[C@H](NC(=O)[C@@H]1CC(F)(F)CN1C(=O)CNC(=O)c1ccc2cc(F)ccc2n1)c1ccc(S(C)(=O)=O)cc1/C=C/C1CC1. The number of benzene rings is 2. The van der Waals surface area contributed by atoms with Crippen LogP contribution in [0.15, 0.2) is 59.5 Å². The molecule has 3 aromatic rings. The summed E-state index contributed by atoms with van der Waals surface area (Å²) in [7, 11) is -3.49. The van der Waals surface area contributed by atoms with Crippen molar-refractivity contribution in [2.75, 3.05) is 19.3 Å². The fourth-order valence-corrected chi connectivity index (χ4v) is 5.78. The fraction of sp³-hybridized carbons (Fsp3) is 0.355. The van der Waals surface area contributed by atoms with Crippen LogP contribution in [0.3, 0.4) is 0 Å². The molecule has 2 aliphatic rings. The first-order valence-electron chi connectivity index (χ1n) is 14.0. The first kappa shape index (κ1) is 31.2. The van der Waals surface area contributed by atoms with Crippen LogP contribution in [-0.4, -0.2) is 67.3 Å². The lowest BCUT2D eigenvalue weighted by Gasteiger charge is -2.25. The summed E-state index contributed by atoms with van der Waals surface area (Å²) in [6.45, 7) is -0.000912. The molecule has 2 fully saturated rings. The second kappa shape index (κ2) is 12.0. The number of alkyl halides is 2. The normalized spacial score (nSPS) is 18.8. The number of nitrogens with zero attached hydrogens (tertiary/aromatic N) is 2. The second-order valence-corrected chi connectivity index (χ2v) is 13.3. The van der Waals surface area contributed by atoms with Gasteiger partial charge in [0.1, 0.15) is 17.6 Å². The molecule has 44 heavy (non-hydrogen) atoms. The highest BCUT2D eigenvalue weighted by atomic mass is 32.2. The minimum absolute atomic E-state index is 0.0554. The van der Waals surface area contributed by atoms with E-state index in [4.69, 9.17) is 0 Å². The van der Waals surface area contributed by atoms with Gasteiger partial charge in [-0.1, -0.05) is 24.3 Å². The van der Waals surface area contributed by atoms with E-state index in [9.17, 15) is 36.0 Å². The van der Waals surface area contributed by atoms with Crippen LogP contribution in [-0.2, 0) is 19.4 Å². The van der Waals surface area contributed by atoms with Crippen LogP contribution >= 0.6 is 0 Å². The van der Waals surface area contributed by atoms with Crippen molar-refractivity contribution < 1.29 is 36.0 Å². The molecule has 1 saturated carbocycles. The van der Waals surface area contributed by atoms with Crippen LogP contribution in [0.5, 0.6) is 0 Å². The van der Waals surface area contributed by atoms with Gasteiger partial charge in [-0.3, -0.25) is 14.4 Å². The number of carbonyl (C=O) groups excluding carboxylic acids is 3. The van der Waals surface area contributed by atoms with Gasteiger partial charge in [0.25, 0.3) is 11.8 Å². The summed E-state index contributed by atoms with van der Waals surface area (Å²) >= 11 is 0. The van der Waals surface area contributed by atoms with Gasteiger partial charge < -0.3 is 15.5 Å². The molecule has 13 heteroatoms. The Morgan fingerprint density at radius 2 is 1.86 bits per heavy atom. The third-order valence-electron chi connectivity index (χ3n) is 7.66. The predicted octanol–water partition coefficient (Wildman–Crippen LogP) is 4.04. The molecule has 1 saturated heterocycles. The van der Waals surface area contributed by atoms with Crippen molar-refractivity contribution >= 4 is 44.5 Å². The predicted molar refractivity (Wildman–Crippen MR) is 157 cm³/mol. The number of rotatable bonds is 9. The van der Waals surface area contributed by atoms with Crippen LogP contribution in [0, 0.1) is 11.7 Å². The molecule has 5 rings (SSSR count). The smallest absolute Gasteiger partial charge is 0.270 e. The van der Waals surface area contributed by atoms with E-state index >= 15 is 0 Å². The van der Waals surface area contributed by atoms with E-state index in [2.05, 4.69) is 15.6 Å². The van der Waals surface area contributed by atoms with Crippen molar-refractivity contribution in [2.45, 2.75) is 49.1 Å². The monoisotopic (exact) mass is 628 g/mol. The number of carbonyl (C=O) groups is 3. The van der Waals surface area contributed by atoms with Gasteiger partial charge >= 0.3 is 0 Å².